The first-order valence-electron chi connectivity index (χ1n) is 13.0. The summed E-state index contributed by atoms with van der Waals surface area (Å²) >= 11 is 6.21. The number of rotatable bonds is 8. The van der Waals surface area contributed by atoms with Crippen LogP contribution >= 0.6 is 11.6 Å². The third kappa shape index (κ3) is 5.31. The van der Waals surface area contributed by atoms with E-state index < -0.39 is 0 Å². The van der Waals surface area contributed by atoms with Crippen LogP contribution in [-0.4, -0.2) is 48.9 Å². The monoisotopic (exact) mass is 535 g/mol. The first kappa shape index (κ1) is 26.3. The van der Waals surface area contributed by atoms with Crippen LogP contribution in [0.1, 0.15) is 49.4 Å². The summed E-state index contributed by atoms with van der Waals surface area (Å²) in [5.74, 6) is 2.54. The molecule has 1 saturated carbocycles. The summed E-state index contributed by atoms with van der Waals surface area (Å²) in [5, 5.41) is 10.2. The molecule has 0 radical (unpaired) electrons. The van der Waals surface area contributed by atoms with E-state index in [0.29, 0.717) is 22.4 Å². The number of carbonyl (C=O) groups is 1. The van der Waals surface area contributed by atoms with Gasteiger partial charge in [-0.1, -0.05) is 23.7 Å². The van der Waals surface area contributed by atoms with Crippen molar-refractivity contribution >= 4 is 29.0 Å². The minimum atomic E-state index is -0.384. The minimum absolute atomic E-state index is 0.0246. The molecule has 0 spiro atoms. The van der Waals surface area contributed by atoms with Gasteiger partial charge >= 0.3 is 0 Å². The molecular weight excluding hydrogens is 502 g/mol. The van der Waals surface area contributed by atoms with Crippen LogP contribution in [-0.2, 0) is 11.2 Å². The predicted octanol–water partition coefficient (Wildman–Crippen LogP) is 5.42. The number of hydrogen-bond donors (Lipinski definition) is 1. The van der Waals surface area contributed by atoms with Gasteiger partial charge in [0.15, 0.2) is 11.5 Å². The summed E-state index contributed by atoms with van der Waals surface area (Å²) in [5.41, 5.74) is 3.55. The molecule has 1 aromatic heterocycles. The van der Waals surface area contributed by atoms with Crippen molar-refractivity contribution in [2.24, 2.45) is 5.92 Å². The maximum atomic E-state index is 13.7. The molecule has 5 rings (SSSR count). The minimum Gasteiger partial charge on any atom is -0.493 e. The molecule has 1 aliphatic heterocycles. The number of pyridine rings is 1. The Balaban J connectivity index is 1.53. The third-order valence-corrected chi connectivity index (χ3v) is 7.53. The lowest BCUT2D eigenvalue weighted by Gasteiger charge is -2.38. The number of ether oxygens (including phenoxy) is 2. The quantitative estimate of drug-likeness (QED) is 0.415. The first-order chi connectivity index (χ1) is 18.2. The molecule has 2 aliphatic rings. The van der Waals surface area contributed by atoms with Crippen LogP contribution < -0.4 is 19.3 Å². The molecule has 8 heteroatoms. The highest BCUT2D eigenvalue weighted by Gasteiger charge is 2.36. The second kappa shape index (κ2) is 10.8. The summed E-state index contributed by atoms with van der Waals surface area (Å²) < 4.78 is 11.7. The van der Waals surface area contributed by atoms with Crippen LogP contribution in [0.5, 0.6) is 11.5 Å². The molecule has 1 amide bonds. The number of carbonyl (C=O) groups excluding carboxylic acids is 1. The number of aliphatic hydroxyl groups is 1. The summed E-state index contributed by atoms with van der Waals surface area (Å²) in [7, 11) is 3.62. The molecule has 7 nitrogen and oxygen atoms in total. The van der Waals surface area contributed by atoms with E-state index in [1.165, 1.54) is 0 Å². The predicted molar refractivity (Wildman–Crippen MR) is 149 cm³/mol. The average molecular weight is 536 g/mol. The smallest absolute Gasteiger partial charge is 0.232 e. The summed E-state index contributed by atoms with van der Waals surface area (Å²) in [4.78, 5) is 22.3. The van der Waals surface area contributed by atoms with Gasteiger partial charge in [0.1, 0.15) is 5.82 Å². The normalized spacial score (nSPS) is 20.7. The van der Waals surface area contributed by atoms with Gasteiger partial charge in [-0.05, 0) is 85.7 Å². The molecule has 1 aliphatic carbocycles. The third-order valence-electron chi connectivity index (χ3n) is 7.28. The van der Waals surface area contributed by atoms with Gasteiger partial charge in [0.25, 0.3) is 0 Å². The van der Waals surface area contributed by atoms with Crippen molar-refractivity contribution < 1.29 is 19.4 Å². The number of aliphatic hydroxyl groups excluding tert-OH is 1. The van der Waals surface area contributed by atoms with E-state index in [-0.39, 0.29) is 30.6 Å². The molecule has 2 aromatic carbocycles. The lowest BCUT2D eigenvalue weighted by Crippen LogP contribution is -2.41. The maximum absolute atomic E-state index is 13.7. The van der Waals surface area contributed by atoms with Crippen LogP contribution in [0.15, 0.2) is 54.7 Å². The molecule has 1 atom stereocenters. The van der Waals surface area contributed by atoms with Gasteiger partial charge in [0.2, 0.25) is 5.91 Å². The number of nitrogens with zero attached hydrogens (tertiary/aromatic N) is 3. The van der Waals surface area contributed by atoms with Crippen LogP contribution in [0.4, 0.5) is 11.5 Å². The Morgan fingerprint density at radius 3 is 2.47 bits per heavy atom. The van der Waals surface area contributed by atoms with E-state index in [1.807, 2.05) is 74.3 Å². The zero-order chi connectivity index (χ0) is 27.0. The second-order valence-electron chi connectivity index (χ2n) is 10.5. The lowest BCUT2D eigenvalue weighted by molar-refractivity contribution is -0.118. The molecule has 1 N–H and O–H groups in total. The van der Waals surface area contributed by atoms with E-state index in [2.05, 4.69) is 4.90 Å². The lowest BCUT2D eigenvalue weighted by atomic mass is 9.82. The van der Waals surface area contributed by atoms with Crippen molar-refractivity contribution in [3.8, 4) is 11.5 Å². The van der Waals surface area contributed by atoms with E-state index in [0.717, 1.165) is 47.6 Å². The SMILES string of the molecule is COc1cc2c(cc1OC(C)C)C(c1ccc(Cl)cc1)N(c1ccc(N(C)CC3CC(O)C3)nc1)C(=O)C2. The second-order valence-corrected chi connectivity index (χ2v) is 10.9. The topological polar surface area (TPSA) is 75.1 Å². The van der Waals surface area contributed by atoms with Gasteiger partial charge in [0, 0.05) is 18.6 Å². The fourth-order valence-corrected chi connectivity index (χ4v) is 5.53. The molecule has 3 aromatic rings. The summed E-state index contributed by atoms with van der Waals surface area (Å²) in [6, 6.07) is 15.0. The Labute approximate surface area is 229 Å². The Morgan fingerprint density at radius 1 is 1.13 bits per heavy atom. The summed E-state index contributed by atoms with van der Waals surface area (Å²) in [6.07, 6.45) is 3.47. The molecular formula is C30H34ClN3O4. The van der Waals surface area contributed by atoms with Crippen LogP contribution in [0.3, 0.4) is 0 Å². The fraction of sp³-hybridized carbons (Fsp3) is 0.400. The molecule has 0 bridgehead atoms. The van der Waals surface area contributed by atoms with Gasteiger partial charge in [-0.2, -0.15) is 0 Å². The summed E-state index contributed by atoms with van der Waals surface area (Å²) in [6.45, 7) is 4.79. The molecule has 38 heavy (non-hydrogen) atoms. The van der Waals surface area contributed by atoms with E-state index in [4.69, 9.17) is 26.1 Å². The number of amides is 1. The Kier molecular flexibility index (Phi) is 7.50. The molecule has 1 fully saturated rings. The number of fused-ring (bicyclic) bond motifs is 1. The van der Waals surface area contributed by atoms with Gasteiger partial charge in [0.05, 0.1) is 43.7 Å². The fourth-order valence-electron chi connectivity index (χ4n) is 5.41. The van der Waals surface area contributed by atoms with E-state index in [1.54, 1.807) is 13.3 Å². The van der Waals surface area contributed by atoms with Crippen molar-refractivity contribution in [3.63, 3.8) is 0 Å². The Hall–Kier alpha value is -3.29. The number of benzene rings is 2. The maximum Gasteiger partial charge on any atom is 0.232 e. The number of halogens is 1. The number of aromatic nitrogens is 1. The van der Waals surface area contributed by atoms with E-state index >= 15 is 0 Å². The largest absolute Gasteiger partial charge is 0.493 e. The molecule has 200 valence electrons. The van der Waals surface area contributed by atoms with Crippen molar-refractivity contribution in [2.45, 2.75) is 51.4 Å². The highest BCUT2D eigenvalue weighted by Crippen LogP contribution is 2.44. The Morgan fingerprint density at radius 2 is 1.87 bits per heavy atom. The Bertz CT molecular complexity index is 1290. The number of anilines is 2. The van der Waals surface area contributed by atoms with Crippen LogP contribution in [0.25, 0.3) is 0 Å². The van der Waals surface area contributed by atoms with Crippen molar-refractivity contribution in [3.05, 3.63) is 76.4 Å². The van der Waals surface area contributed by atoms with Crippen molar-refractivity contribution in [2.75, 3.05) is 30.5 Å². The van der Waals surface area contributed by atoms with Gasteiger partial charge < -0.3 is 19.5 Å². The molecule has 2 heterocycles. The zero-order valence-corrected chi connectivity index (χ0v) is 23.0. The highest BCUT2D eigenvalue weighted by molar-refractivity contribution is 6.30. The zero-order valence-electron chi connectivity index (χ0n) is 22.2. The van der Waals surface area contributed by atoms with Gasteiger partial charge in [-0.15, -0.1) is 0 Å². The van der Waals surface area contributed by atoms with Crippen molar-refractivity contribution in [1.29, 1.82) is 0 Å². The first-order valence-corrected chi connectivity index (χ1v) is 13.4. The van der Waals surface area contributed by atoms with Gasteiger partial charge in [-0.25, -0.2) is 4.98 Å². The standard InChI is InChI=1S/C30H34ClN3O4/c1-18(2)38-27-15-25-21(13-26(27)37-4)14-29(36)34(30(25)20-5-7-22(31)8-6-20)23-9-10-28(32-16-23)33(3)17-19-11-24(35)12-19/h5-10,13,15-16,18-19,24,30,35H,11-12,14,17H2,1-4H3. The molecule has 0 saturated heterocycles. The average Bonchev–Trinajstić information content (AvgIpc) is 2.87. The van der Waals surface area contributed by atoms with E-state index in [9.17, 15) is 9.90 Å². The number of hydrogen-bond acceptors (Lipinski definition) is 6. The number of methoxy groups -OCH3 is 1. The highest BCUT2D eigenvalue weighted by atomic mass is 35.5. The van der Waals surface area contributed by atoms with Gasteiger partial charge in [-0.3, -0.25) is 9.69 Å². The van der Waals surface area contributed by atoms with Crippen LogP contribution in [0.2, 0.25) is 5.02 Å². The van der Waals surface area contributed by atoms with Crippen LogP contribution in [0, 0.1) is 5.92 Å². The van der Waals surface area contributed by atoms with Crippen molar-refractivity contribution in [1.82, 2.24) is 4.98 Å². The molecule has 1 unspecified atom stereocenters.